The van der Waals surface area contributed by atoms with Crippen molar-refractivity contribution in [2.24, 2.45) is 5.73 Å². The lowest BCUT2D eigenvalue weighted by Crippen LogP contribution is -2.20. The van der Waals surface area contributed by atoms with Gasteiger partial charge in [0.05, 0.1) is 23.9 Å². The minimum atomic E-state index is -0.359. The van der Waals surface area contributed by atoms with E-state index < -0.39 is 0 Å². The third-order valence-electron chi connectivity index (χ3n) is 3.76. The summed E-state index contributed by atoms with van der Waals surface area (Å²) in [7, 11) is 0. The van der Waals surface area contributed by atoms with E-state index in [0.29, 0.717) is 47.8 Å². The van der Waals surface area contributed by atoms with Crippen molar-refractivity contribution in [1.82, 2.24) is 14.5 Å². The van der Waals surface area contributed by atoms with Gasteiger partial charge in [-0.25, -0.2) is 4.39 Å². The summed E-state index contributed by atoms with van der Waals surface area (Å²) in [5, 5.41) is 3.46. The molecule has 136 valence electrons. The molecule has 3 heterocycles. The lowest BCUT2D eigenvalue weighted by molar-refractivity contribution is 0.518. The second-order valence-electron chi connectivity index (χ2n) is 5.66. The van der Waals surface area contributed by atoms with E-state index in [1.807, 2.05) is 19.9 Å². The molecule has 0 aliphatic carbocycles. The molecule has 0 bridgehead atoms. The van der Waals surface area contributed by atoms with Crippen molar-refractivity contribution >= 4 is 40.9 Å². The standard InChI is InChI=1S/C16H19ClFN5O.ClH/c1-3-23-11(7-9(2)19)13(18)12-14(21-16(17)22-15(12)23)20-8-10-5-4-6-24-10;/h4-6,9H,3,7-8,19H2,1-2H3,(H,20,21,22);1H/t9-;/m0./s1. The Balaban J connectivity index is 0.00000225. The Kier molecular flexibility index (Phi) is 6.26. The van der Waals surface area contributed by atoms with Crippen LogP contribution in [0.15, 0.2) is 22.8 Å². The minimum Gasteiger partial charge on any atom is -0.467 e. The van der Waals surface area contributed by atoms with E-state index in [4.69, 9.17) is 21.8 Å². The molecule has 0 unspecified atom stereocenters. The molecule has 0 aliphatic heterocycles. The van der Waals surface area contributed by atoms with E-state index >= 15 is 4.39 Å². The zero-order chi connectivity index (χ0) is 17.3. The van der Waals surface area contributed by atoms with Gasteiger partial charge in [0, 0.05) is 19.0 Å². The van der Waals surface area contributed by atoms with Crippen molar-refractivity contribution in [2.45, 2.75) is 39.4 Å². The van der Waals surface area contributed by atoms with E-state index in [0.717, 1.165) is 0 Å². The Morgan fingerprint density at radius 3 is 2.80 bits per heavy atom. The first-order valence-corrected chi connectivity index (χ1v) is 8.15. The first kappa shape index (κ1) is 19.5. The summed E-state index contributed by atoms with van der Waals surface area (Å²) >= 11 is 6.03. The number of hydrogen-bond donors (Lipinski definition) is 2. The predicted molar refractivity (Wildman–Crippen MR) is 98.8 cm³/mol. The zero-order valence-electron chi connectivity index (χ0n) is 13.9. The average molecular weight is 388 g/mol. The van der Waals surface area contributed by atoms with Crippen molar-refractivity contribution in [2.75, 3.05) is 5.32 Å². The molecule has 0 spiro atoms. The van der Waals surface area contributed by atoms with Gasteiger partial charge in [-0.2, -0.15) is 9.97 Å². The van der Waals surface area contributed by atoms with Gasteiger partial charge >= 0.3 is 0 Å². The summed E-state index contributed by atoms with van der Waals surface area (Å²) in [5.41, 5.74) is 6.84. The topological polar surface area (TPSA) is 81.9 Å². The van der Waals surface area contributed by atoms with Crippen molar-refractivity contribution in [3.05, 3.63) is 41.0 Å². The highest BCUT2D eigenvalue weighted by atomic mass is 35.5. The molecule has 0 amide bonds. The van der Waals surface area contributed by atoms with E-state index in [1.165, 1.54) is 0 Å². The predicted octanol–water partition coefficient (Wildman–Crippen LogP) is 3.76. The molecule has 25 heavy (non-hydrogen) atoms. The van der Waals surface area contributed by atoms with E-state index in [-0.39, 0.29) is 29.5 Å². The number of hydrogen-bond acceptors (Lipinski definition) is 5. The molecule has 0 saturated carbocycles. The smallest absolute Gasteiger partial charge is 0.226 e. The maximum Gasteiger partial charge on any atom is 0.226 e. The summed E-state index contributed by atoms with van der Waals surface area (Å²) in [6.45, 7) is 4.70. The van der Waals surface area contributed by atoms with Crippen molar-refractivity contribution in [1.29, 1.82) is 0 Å². The zero-order valence-corrected chi connectivity index (χ0v) is 15.5. The Morgan fingerprint density at radius 2 is 2.20 bits per heavy atom. The first-order valence-electron chi connectivity index (χ1n) is 7.77. The average Bonchev–Trinajstić information content (AvgIpc) is 3.12. The van der Waals surface area contributed by atoms with Gasteiger partial charge < -0.3 is 20.0 Å². The Morgan fingerprint density at radius 1 is 1.44 bits per heavy atom. The van der Waals surface area contributed by atoms with Crippen LogP contribution in [-0.2, 0) is 19.5 Å². The molecule has 3 aromatic heterocycles. The summed E-state index contributed by atoms with van der Waals surface area (Å²) in [5.74, 6) is 0.698. The number of fused-ring (bicyclic) bond motifs is 1. The van der Waals surface area contributed by atoms with Gasteiger partial charge in [-0.15, -0.1) is 12.4 Å². The molecule has 3 N–H and O–H groups in total. The molecular weight excluding hydrogens is 368 g/mol. The van der Waals surface area contributed by atoms with Gasteiger partial charge in [0.2, 0.25) is 5.28 Å². The molecule has 9 heteroatoms. The number of aromatic nitrogens is 3. The van der Waals surface area contributed by atoms with Gasteiger partial charge in [0.15, 0.2) is 5.82 Å². The van der Waals surface area contributed by atoms with Crippen molar-refractivity contribution in [3.63, 3.8) is 0 Å². The molecule has 3 rings (SSSR count). The molecule has 0 aromatic carbocycles. The van der Waals surface area contributed by atoms with Crippen LogP contribution in [0, 0.1) is 5.82 Å². The minimum absolute atomic E-state index is 0. The van der Waals surface area contributed by atoms with Gasteiger partial charge in [-0.1, -0.05) is 0 Å². The van der Waals surface area contributed by atoms with E-state index in [9.17, 15) is 0 Å². The monoisotopic (exact) mass is 387 g/mol. The van der Waals surface area contributed by atoms with E-state index in [1.54, 1.807) is 16.9 Å². The molecule has 3 aromatic rings. The number of aryl methyl sites for hydroxylation is 1. The quantitative estimate of drug-likeness (QED) is 0.629. The Bertz CT molecular complexity index is 848. The summed E-state index contributed by atoms with van der Waals surface area (Å²) in [6.07, 6.45) is 1.99. The second kappa shape index (κ2) is 8.03. The number of furan rings is 1. The fourth-order valence-electron chi connectivity index (χ4n) is 2.77. The lowest BCUT2D eigenvalue weighted by Gasteiger charge is -2.09. The van der Waals surface area contributed by atoms with Crippen molar-refractivity contribution in [3.8, 4) is 0 Å². The van der Waals surface area contributed by atoms with Gasteiger partial charge in [0.1, 0.15) is 17.2 Å². The van der Waals surface area contributed by atoms with Crippen LogP contribution in [0.1, 0.15) is 25.3 Å². The molecule has 0 saturated heterocycles. The number of halogens is 3. The van der Waals surface area contributed by atoms with Crippen molar-refractivity contribution < 1.29 is 8.81 Å². The largest absolute Gasteiger partial charge is 0.467 e. The van der Waals surface area contributed by atoms with Gasteiger partial charge in [-0.3, -0.25) is 0 Å². The number of nitrogens with two attached hydrogens (primary N) is 1. The third kappa shape index (κ3) is 3.89. The Hall–Kier alpha value is -1.83. The molecule has 0 aliphatic rings. The van der Waals surface area contributed by atoms with Crippen LogP contribution in [0.3, 0.4) is 0 Å². The van der Waals surface area contributed by atoms with Crippen LogP contribution >= 0.6 is 24.0 Å². The van der Waals surface area contributed by atoms with E-state index in [2.05, 4.69) is 15.3 Å². The number of anilines is 1. The maximum absolute atomic E-state index is 15.0. The number of nitrogens with one attached hydrogen (secondary N) is 1. The molecule has 0 radical (unpaired) electrons. The summed E-state index contributed by atoms with van der Waals surface area (Å²) < 4.78 is 22.1. The lowest BCUT2D eigenvalue weighted by atomic mass is 10.2. The summed E-state index contributed by atoms with van der Waals surface area (Å²) in [6, 6.07) is 3.44. The van der Waals surface area contributed by atoms with Gasteiger partial charge in [-0.05, 0) is 37.6 Å². The fraction of sp³-hybridized carbons (Fsp3) is 0.375. The SMILES string of the molecule is CCn1c(C[C@H](C)N)c(F)c2c(NCc3ccco3)nc(Cl)nc21.Cl. The van der Waals surface area contributed by atoms with Crippen LogP contribution in [0.5, 0.6) is 0 Å². The second-order valence-corrected chi connectivity index (χ2v) is 6.00. The van der Waals surface area contributed by atoms with Crippen LogP contribution in [-0.4, -0.2) is 20.6 Å². The molecular formula is C16H20Cl2FN5O. The number of nitrogens with zero attached hydrogens (tertiary/aromatic N) is 3. The number of rotatable bonds is 6. The maximum atomic E-state index is 15.0. The molecule has 1 atom stereocenters. The van der Waals surface area contributed by atoms with Crippen LogP contribution in [0.25, 0.3) is 11.0 Å². The van der Waals surface area contributed by atoms with Crippen LogP contribution < -0.4 is 11.1 Å². The molecule has 6 nitrogen and oxygen atoms in total. The van der Waals surface area contributed by atoms with Gasteiger partial charge in [0.25, 0.3) is 0 Å². The first-order chi connectivity index (χ1) is 11.5. The highest BCUT2D eigenvalue weighted by molar-refractivity contribution is 6.28. The third-order valence-corrected chi connectivity index (χ3v) is 3.93. The highest BCUT2D eigenvalue weighted by Gasteiger charge is 2.23. The Labute approximate surface area is 156 Å². The molecule has 0 fully saturated rings. The normalized spacial score (nSPS) is 12.2. The van der Waals surface area contributed by atoms with Crippen LogP contribution in [0.2, 0.25) is 5.28 Å². The van der Waals surface area contributed by atoms with Crippen LogP contribution in [0.4, 0.5) is 10.2 Å². The summed E-state index contributed by atoms with van der Waals surface area (Å²) in [4.78, 5) is 8.36. The highest BCUT2D eigenvalue weighted by Crippen LogP contribution is 2.31. The fourth-order valence-corrected chi connectivity index (χ4v) is 2.93.